The largest absolute Gasteiger partial charge is 0.368 e. The van der Waals surface area contributed by atoms with Gasteiger partial charge in [-0.15, -0.1) is 15.3 Å². The average Bonchev–Trinajstić information content (AvgIpc) is 3.44. The minimum atomic E-state index is 0.522. The number of benzene rings is 1. The van der Waals surface area contributed by atoms with Crippen LogP contribution in [-0.4, -0.2) is 37.9 Å². The van der Waals surface area contributed by atoms with Crippen LogP contribution in [0.3, 0.4) is 0 Å². The number of hydrogen-bond acceptors (Lipinski definition) is 6. The third kappa shape index (κ3) is 2.92. The van der Waals surface area contributed by atoms with Crippen molar-refractivity contribution < 1.29 is 0 Å². The van der Waals surface area contributed by atoms with E-state index < -0.39 is 0 Å². The lowest BCUT2D eigenvalue weighted by molar-refractivity contribution is 0.814. The zero-order chi connectivity index (χ0) is 17.3. The van der Waals surface area contributed by atoms with E-state index in [0.717, 1.165) is 47.1 Å². The zero-order valence-electron chi connectivity index (χ0n) is 14.3. The van der Waals surface area contributed by atoms with Crippen molar-refractivity contribution in [3.63, 3.8) is 0 Å². The number of nitrogens with one attached hydrogen (secondary N) is 2. The van der Waals surface area contributed by atoms with Crippen molar-refractivity contribution in [2.24, 2.45) is 0 Å². The Hall–Kier alpha value is -3.22. The normalized spacial score (nSPS) is 14.0. The van der Waals surface area contributed by atoms with Crippen molar-refractivity contribution in [2.75, 3.05) is 23.7 Å². The van der Waals surface area contributed by atoms with Crippen LogP contribution < -0.4 is 10.6 Å². The monoisotopic (exact) mass is 345 g/mol. The Morgan fingerprint density at radius 2 is 1.69 bits per heavy atom. The van der Waals surface area contributed by atoms with Crippen LogP contribution in [0.5, 0.6) is 0 Å². The Labute approximate surface area is 150 Å². The molecule has 0 amide bonds. The molecular weight excluding hydrogens is 326 g/mol. The first-order valence-corrected chi connectivity index (χ1v) is 8.93. The van der Waals surface area contributed by atoms with Crippen LogP contribution in [0.4, 0.5) is 11.6 Å². The molecule has 0 atom stereocenters. The molecule has 1 aliphatic carbocycles. The summed E-state index contributed by atoms with van der Waals surface area (Å²) in [5, 5.41) is 20.9. The molecule has 1 aromatic carbocycles. The molecule has 0 radical (unpaired) electrons. The molecule has 4 aromatic rings. The molecule has 0 bridgehead atoms. The van der Waals surface area contributed by atoms with Gasteiger partial charge in [-0.05, 0) is 43.2 Å². The fourth-order valence-electron chi connectivity index (χ4n) is 3.04. The van der Waals surface area contributed by atoms with Gasteiger partial charge in [0, 0.05) is 24.4 Å². The number of fused-ring (bicyclic) bond motifs is 2. The van der Waals surface area contributed by atoms with E-state index in [4.69, 9.17) is 0 Å². The quantitative estimate of drug-likeness (QED) is 0.523. The van der Waals surface area contributed by atoms with Crippen LogP contribution in [0.2, 0.25) is 0 Å². The van der Waals surface area contributed by atoms with Crippen molar-refractivity contribution in [2.45, 2.75) is 18.8 Å². The topological polar surface area (TPSA) is 80.0 Å². The second kappa shape index (κ2) is 6.25. The lowest BCUT2D eigenvalue weighted by Gasteiger charge is -2.09. The summed E-state index contributed by atoms with van der Waals surface area (Å²) in [6.07, 6.45) is 2.37. The Morgan fingerprint density at radius 1 is 0.885 bits per heavy atom. The van der Waals surface area contributed by atoms with Crippen molar-refractivity contribution in [1.82, 2.24) is 24.8 Å². The van der Waals surface area contributed by atoms with Crippen molar-refractivity contribution >= 4 is 28.2 Å². The molecule has 0 spiro atoms. The summed E-state index contributed by atoms with van der Waals surface area (Å²) in [6, 6.07) is 16.1. The van der Waals surface area contributed by atoms with E-state index in [1.165, 1.54) is 12.8 Å². The highest BCUT2D eigenvalue weighted by Gasteiger charge is 2.29. The lowest BCUT2D eigenvalue weighted by Crippen LogP contribution is -2.15. The Bertz CT molecular complexity index is 1070. The minimum absolute atomic E-state index is 0.522. The maximum atomic E-state index is 4.62. The minimum Gasteiger partial charge on any atom is -0.368 e. The lowest BCUT2D eigenvalue weighted by atomic mass is 10.2. The van der Waals surface area contributed by atoms with Crippen molar-refractivity contribution in [3.05, 3.63) is 54.4 Å². The van der Waals surface area contributed by atoms with Crippen LogP contribution >= 0.6 is 0 Å². The molecule has 1 saturated carbocycles. The highest BCUT2D eigenvalue weighted by atomic mass is 15.4. The molecule has 1 fully saturated rings. The van der Waals surface area contributed by atoms with Crippen LogP contribution in [0.25, 0.3) is 16.6 Å². The fraction of sp³-hybridized carbons (Fsp3) is 0.263. The van der Waals surface area contributed by atoms with E-state index in [0.29, 0.717) is 5.92 Å². The van der Waals surface area contributed by atoms with Gasteiger partial charge in [0.1, 0.15) is 11.6 Å². The zero-order valence-corrected chi connectivity index (χ0v) is 14.3. The SMILES string of the molecule is c1ccc2nc(NCCNc3ccc4nnc(C5CC5)n4n3)ccc2c1. The average molecular weight is 345 g/mol. The number of para-hydroxylation sites is 1. The predicted molar refractivity (Wildman–Crippen MR) is 101 cm³/mol. The highest BCUT2D eigenvalue weighted by molar-refractivity contribution is 5.80. The summed E-state index contributed by atoms with van der Waals surface area (Å²) in [5.74, 6) is 3.20. The molecule has 0 saturated heterocycles. The number of nitrogens with zero attached hydrogens (tertiary/aromatic N) is 5. The van der Waals surface area contributed by atoms with Gasteiger partial charge in [-0.2, -0.15) is 4.52 Å². The van der Waals surface area contributed by atoms with Gasteiger partial charge in [0.2, 0.25) is 0 Å². The van der Waals surface area contributed by atoms with Gasteiger partial charge in [-0.25, -0.2) is 4.98 Å². The molecule has 130 valence electrons. The molecule has 3 aromatic heterocycles. The van der Waals surface area contributed by atoms with E-state index >= 15 is 0 Å². The third-order valence-electron chi connectivity index (χ3n) is 4.57. The van der Waals surface area contributed by atoms with Crippen molar-refractivity contribution in [1.29, 1.82) is 0 Å². The third-order valence-corrected chi connectivity index (χ3v) is 4.57. The summed E-state index contributed by atoms with van der Waals surface area (Å²) >= 11 is 0. The molecule has 3 heterocycles. The van der Waals surface area contributed by atoms with E-state index in [1.54, 1.807) is 0 Å². The van der Waals surface area contributed by atoms with E-state index in [9.17, 15) is 0 Å². The molecule has 7 heteroatoms. The number of aromatic nitrogens is 5. The molecular formula is C19H19N7. The second-order valence-electron chi connectivity index (χ2n) is 6.56. The highest BCUT2D eigenvalue weighted by Crippen LogP contribution is 2.38. The van der Waals surface area contributed by atoms with Gasteiger partial charge in [0.15, 0.2) is 11.5 Å². The smallest absolute Gasteiger partial charge is 0.178 e. The summed E-state index contributed by atoms with van der Waals surface area (Å²) in [6.45, 7) is 1.50. The Morgan fingerprint density at radius 3 is 2.58 bits per heavy atom. The first-order valence-electron chi connectivity index (χ1n) is 8.93. The number of hydrogen-bond donors (Lipinski definition) is 2. The van der Waals surface area contributed by atoms with E-state index in [-0.39, 0.29) is 0 Å². The number of anilines is 2. The summed E-state index contributed by atoms with van der Waals surface area (Å²) < 4.78 is 1.86. The molecule has 1 aliphatic rings. The standard InChI is InChI=1S/C19H19N7/c1-2-4-15-13(3-1)7-8-16(22-15)20-11-12-21-17-9-10-18-23-24-19(14-5-6-14)26(18)25-17/h1-4,7-10,14H,5-6,11-12H2,(H,20,22)(H,21,25). The van der Waals surface area contributed by atoms with Gasteiger partial charge >= 0.3 is 0 Å². The Balaban J connectivity index is 1.22. The van der Waals surface area contributed by atoms with Gasteiger partial charge in [0.05, 0.1) is 5.52 Å². The number of pyridine rings is 1. The van der Waals surface area contributed by atoms with Gasteiger partial charge in [-0.1, -0.05) is 18.2 Å². The van der Waals surface area contributed by atoms with Crippen LogP contribution in [0.15, 0.2) is 48.5 Å². The fourth-order valence-corrected chi connectivity index (χ4v) is 3.04. The van der Waals surface area contributed by atoms with Crippen LogP contribution in [0.1, 0.15) is 24.6 Å². The van der Waals surface area contributed by atoms with Crippen LogP contribution in [-0.2, 0) is 0 Å². The van der Waals surface area contributed by atoms with Gasteiger partial charge in [0.25, 0.3) is 0 Å². The summed E-state index contributed by atoms with van der Waals surface area (Å²) in [4.78, 5) is 4.62. The molecule has 7 nitrogen and oxygen atoms in total. The van der Waals surface area contributed by atoms with E-state index in [2.05, 4.69) is 43.0 Å². The molecule has 0 aliphatic heterocycles. The maximum absolute atomic E-state index is 4.62. The van der Waals surface area contributed by atoms with E-state index in [1.807, 2.05) is 40.9 Å². The predicted octanol–water partition coefficient (Wildman–Crippen LogP) is 3.07. The molecule has 2 N–H and O–H groups in total. The maximum Gasteiger partial charge on any atom is 0.178 e. The van der Waals surface area contributed by atoms with Gasteiger partial charge < -0.3 is 10.6 Å². The summed E-state index contributed by atoms with van der Waals surface area (Å²) in [5.41, 5.74) is 1.80. The first-order chi connectivity index (χ1) is 12.9. The van der Waals surface area contributed by atoms with Crippen LogP contribution in [0, 0.1) is 0 Å². The van der Waals surface area contributed by atoms with Gasteiger partial charge in [-0.3, -0.25) is 0 Å². The first kappa shape index (κ1) is 15.1. The molecule has 26 heavy (non-hydrogen) atoms. The molecule has 5 rings (SSSR count). The second-order valence-corrected chi connectivity index (χ2v) is 6.56. The summed E-state index contributed by atoms with van der Waals surface area (Å²) in [7, 11) is 0. The Kier molecular flexibility index (Phi) is 3.62. The number of rotatable bonds is 6. The van der Waals surface area contributed by atoms with Crippen molar-refractivity contribution in [3.8, 4) is 0 Å². The molecule has 0 unspecified atom stereocenters.